The van der Waals surface area contributed by atoms with Gasteiger partial charge in [-0.1, -0.05) is 0 Å². The molecule has 128 valence electrons. The van der Waals surface area contributed by atoms with Crippen molar-refractivity contribution in [2.45, 2.75) is 25.2 Å². The highest BCUT2D eigenvalue weighted by Crippen LogP contribution is 2.32. The van der Waals surface area contributed by atoms with Crippen LogP contribution in [0.3, 0.4) is 0 Å². The predicted molar refractivity (Wildman–Crippen MR) is 88.2 cm³/mol. The third-order valence-electron chi connectivity index (χ3n) is 4.86. The molecule has 1 aromatic carbocycles. The molecule has 4 rings (SSSR count). The van der Waals surface area contributed by atoms with Crippen molar-refractivity contribution in [1.82, 2.24) is 4.90 Å². The topological polar surface area (TPSA) is 61.1 Å². The van der Waals surface area contributed by atoms with Gasteiger partial charge in [-0.05, 0) is 17.7 Å². The van der Waals surface area contributed by atoms with Crippen molar-refractivity contribution in [3.8, 4) is 5.75 Å². The molecule has 0 amide bonds. The molecule has 3 heterocycles. The summed E-state index contributed by atoms with van der Waals surface area (Å²) in [4.78, 5) is 14.2. The molecule has 0 atom stereocenters. The van der Waals surface area contributed by atoms with E-state index in [0.717, 1.165) is 36.9 Å². The quantitative estimate of drug-likeness (QED) is 0.803. The highest BCUT2D eigenvalue weighted by molar-refractivity contribution is 5.81. The number of likely N-dealkylation sites (tertiary alicyclic amines) is 1. The maximum Gasteiger partial charge on any atom is 0.336 e. The number of piperidine rings is 1. The molecule has 0 bridgehead atoms. The molecule has 0 saturated carbocycles. The van der Waals surface area contributed by atoms with Crippen molar-refractivity contribution in [2.24, 2.45) is 0 Å². The number of ether oxygens (including phenoxy) is 3. The van der Waals surface area contributed by atoms with E-state index in [1.807, 2.05) is 12.1 Å². The molecule has 0 unspecified atom stereocenters. The number of methoxy groups -OCH3 is 1. The first-order chi connectivity index (χ1) is 11.7. The third kappa shape index (κ3) is 2.92. The Morgan fingerprint density at radius 1 is 1.17 bits per heavy atom. The first-order valence-electron chi connectivity index (χ1n) is 8.29. The standard InChI is InChI=1S/C18H21NO5/c1-21-14-2-3-15-13(10-17(20)24-16(15)11-14)12-19-6-4-18(5-7-19)22-8-9-23-18/h2-3,10-11H,4-9,12H2,1H3. The average molecular weight is 331 g/mol. The zero-order chi connectivity index (χ0) is 16.6. The summed E-state index contributed by atoms with van der Waals surface area (Å²) in [6.07, 6.45) is 1.72. The molecular formula is C18H21NO5. The molecule has 1 spiro atoms. The van der Waals surface area contributed by atoms with Crippen LogP contribution in [0.15, 0.2) is 33.5 Å². The minimum atomic E-state index is -0.373. The lowest BCUT2D eigenvalue weighted by molar-refractivity contribution is -0.185. The zero-order valence-corrected chi connectivity index (χ0v) is 13.7. The van der Waals surface area contributed by atoms with Crippen LogP contribution in [-0.2, 0) is 16.0 Å². The molecule has 2 aliphatic rings. The minimum absolute atomic E-state index is 0.332. The monoisotopic (exact) mass is 331 g/mol. The Kier molecular flexibility index (Phi) is 4.04. The van der Waals surface area contributed by atoms with Crippen molar-refractivity contribution in [3.05, 3.63) is 40.2 Å². The first-order valence-corrected chi connectivity index (χ1v) is 8.29. The van der Waals surface area contributed by atoms with Gasteiger partial charge in [-0.3, -0.25) is 4.90 Å². The van der Waals surface area contributed by atoms with Crippen molar-refractivity contribution in [3.63, 3.8) is 0 Å². The van der Waals surface area contributed by atoms with Gasteiger partial charge < -0.3 is 18.6 Å². The van der Waals surface area contributed by atoms with Crippen LogP contribution in [0.2, 0.25) is 0 Å². The van der Waals surface area contributed by atoms with E-state index in [1.165, 1.54) is 0 Å². The van der Waals surface area contributed by atoms with Gasteiger partial charge >= 0.3 is 5.63 Å². The summed E-state index contributed by atoms with van der Waals surface area (Å²) in [6, 6.07) is 7.17. The Hall–Kier alpha value is -1.89. The van der Waals surface area contributed by atoms with Gasteiger partial charge in [-0.2, -0.15) is 0 Å². The largest absolute Gasteiger partial charge is 0.497 e. The lowest BCUT2D eigenvalue weighted by atomic mass is 10.0. The highest BCUT2D eigenvalue weighted by Gasteiger charge is 2.39. The Morgan fingerprint density at radius 3 is 2.62 bits per heavy atom. The highest BCUT2D eigenvalue weighted by atomic mass is 16.7. The number of hydrogen-bond acceptors (Lipinski definition) is 6. The summed E-state index contributed by atoms with van der Waals surface area (Å²) in [6.45, 7) is 3.86. The van der Waals surface area contributed by atoms with Crippen LogP contribution in [0, 0.1) is 0 Å². The number of nitrogens with zero attached hydrogens (tertiary/aromatic N) is 1. The van der Waals surface area contributed by atoms with Crippen LogP contribution in [0.4, 0.5) is 0 Å². The van der Waals surface area contributed by atoms with E-state index in [9.17, 15) is 4.79 Å². The number of fused-ring (bicyclic) bond motifs is 1. The van der Waals surface area contributed by atoms with E-state index in [1.54, 1.807) is 19.2 Å². The number of rotatable bonds is 3. The van der Waals surface area contributed by atoms with Crippen molar-refractivity contribution >= 4 is 11.0 Å². The smallest absolute Gasteiger partial charge is 0.336 e. The Balaban J connectivity index is 1.55. The second-order valence-electron chi connectivity index (χ2n) is 6.34. The molecule has 1 aromatic heterocycles. The second-order valence-corrected chi connectivity index (χ2v) is 6.34. The molecule has 6 heteroatoms. The Bertz CT molecular complexity index is 784. The summed E-state index contributed by atoms with van der Waals surface area (Å²) in [5.74, 6) is 0.306. The third-order valence-corrected chi connectivity index (χ3v) is 4.86. The number of benzene rings is 1. The van der Waals surface area contributed by atoms with E-state index in [4.69, 9.17) is 18.6 Å². The fourth-order valence-corrected chi connectivity index (χ4v) is 3.55. The first kappa shape index (κ1) is 15.6. The summed E-state index contributed by atoms with van der Waals surface area (Å²) < 4.78 is 22.1. The number of hydrogen-bond donors (Lipinski definition) is 0. The lowest BCUT2D eigenvalue weighted by Crippen LogP contribution is -2.44. The molecule has 0 aliphatic carbocycles. The van der Waals surface area contributed by atoms with Gasteiger partial charge in [-0.25, -0.2) is 4.79 Å². The summed E-state index contributed by atoms with van der Waals surface area (Å²) >= 11 is 0. The van der Waals surface area contributed by atoms with Crippen LogP contribution >= 0.6 is 0 Å². The van der Waals surface area contributed by atoms with Crippen LogP contribution in [0.1, 0.15) is 18.4 Å². The molecule has 6 nitrogen and oxygen atoms in total. The SMILES string of the molecule is COc1ccc2c(CN3CCC4(CC3)OCCO4)cc(=O)oc2c1. The van der Waals surface area contributed by atoms with Gasteiger partial charge in [0, 0.05) is 50.0 Å². The van der Waals surface area contributed by atoms with Crippen LogP contribution < -0.4 is 10.4 Å². The van der Waals surface area contributed by atoms with Crippen molar-refractivity contribution < 1.29 is 18.6 Å². The van der Waals surface area contributed by atoms with E-state index >= 15 is 0 Å². The average Bonchev–Trinajstić information content (AvgIpc) is 3.04. The zero-order valence-electron chi connectivity index (χ0n) is 13.7. The van der Waals surface area contributed by atoms with Gasteiger partial charge in [0.15, 0.2) is 5.79 Å². The van der Waals surface area contributed by atoms with E-state index in [0.29, 0.717) is 31.1 Å². The van der Waals surface area contributed by atoms with Crippen molar-refractivity contribution in [2.75, 3.05) is 33.4 Å². The van der Waals surface area contributed by atoms with E-state index in [2.05, 4.69) is 4.90 Å². The minimum Gasteiger partial charge on any atom is -0.497 e. The fraction of sp³-hybridized carbons (Fsp3) is 0.500. The van der Waals surface area contributed by atoms with E-state index in [-0.39, 0.29) is 11.4 Å². The summed E-state index contributed by atoms with van der Waals surface area (Å²) in [5.41, 5.74) is 1.21. The molecular weight excluding hydrogens is 310 g/mol. The van der Waals surface area contributed by atoms with Gasteiger partial charge in [-0.15, -0.1) is 0 Å². The Labute approximate surface area is 139 Å². The van der Waals surface area contributed by atoms with Crippen LogP contribution in [0.5, 0.6) is 5.75 Å². The molecule has 0 N–H and O–H groups in total. The van der Waals surface area contributed by atoms with Crippen LogP contribution in [0.25, 0.3) is 11.0 Å². The van der Waals surface area contributed by atoms with Gasteiger partial charge in [0.1, 0.15) is 11.3 Å². The molecule has 2 aliphatic heterocycles. The van der Waals surface area contributed by atoms with Gasteiger partial charge in [0.05, 0.1) is 20.3 Å². The second kappa shape index (κ2) is 6.20. The molecule has 0 radical (unpaired) electrons. The molecule has 2 fully saturated rings. The maximum atomic E-state index is 11.9. The molecule has 2 aromatic rings. The Morgan fingerprint density at radius 2 is 1.92 bits per heavy atom. The maximum absolute atomic E-state index is 11.9. The normalized spacial score (nSPS) is 20.7. The van der Waals surface area contributed by atoms with Gasteiger partial charge in [0.25, 0.3) is 0 Å². The van der Waals surface area contributed by atoms with Crippen LogP contribution in [-0.4, -0.2) is 44.1 Å². The summed E-state index contributed by atoms with van der Waals surface area (Å²) in [7, 11) is 1.60. The fourth-order valence-electron chi connectivity index (χ4n) is 3.55. The summed E-state index contributed by atoms with van der Waals surface area (Å²) in [5, 5.41) is 0.948. The van der Waals surface area contributed by atoms with Crippen molar-refractivity contribution in [1.29, 1.82) is 0 Å². The predicted octanol–water partition coefficient (Wildman–Crippen LogP) is 2.14. The lowest BCUT2D eigenvalue weighted by Gasteiger charge is -2.37. The van der Waals surface area contributed by atoms with E-state index < -0.39 is 0 Å². The molecule has 2 saturated heterocycles. The van der Waals surface area contributed by atoms with Gasteiger partial charge in [0.2, 0.25) is 0 Å². The molecule has 24 heavy (non-hydrogen) atoms.